The Bertz CT molecular complexity index is 1300. The van der Waals surface area contributed by atoms with Crippen LogP contribution in [0.25, 0.3) is 11.0 Å². The second-order valence-electron chi connectivity index (χ2n) is 8.72. The summed E-state index contributed by atoms with van der Waals surface area (Å²) in [4.78, 5) is 19.5. The van der Waals surface area contributed by atoms with Crippen molar-refractivity contribution in [2.24, 2.45) is 0 Å². The summed E-state index contributed by atoms with van der Waals surface area (Å²) in [5, 5.41) is 0. The molecule has 7 heteroatoms. The first-order chi connectivity index (χ1) is 17.1. The molecule has 6 nitrogen and oxygen atoms in total. The molecule has 35 heavy (non-hydrogen) atoms. The molecule has 1 amide bonds. The quantitative estimate of drug-likeness (QED) is 0.299. The van der Waals surface area contributed by atoms with E-state index in [4.69, 9.17) is 14.5 Å². The lowest BCUT2D eigenvalue weighted by Crippen LogP contribution is -2.24. The van der Waals surface area contributed by atoms with Crippen LogP contribution in [0.4, 0.5) is 10.1 Å². The van der Waals surface area contributed by atoms with Gasteiger partial charge in [-0.1, -0.05) is 12.1 Å². The summed E-state index contributed by atoms with van der Waals surface area (Å²) in [5.74, 6) is 2.27. The van der Waals surface area contributed by atoms with Gasteiger partial charge in [0.05, 0.1) is 24.8 Å². The van der Waals surface area contributed by atoms with Gasteiger partial charge in [0, 0.05) is 31.1 Å². The normalized spacial score (nSPS) is 15.7. The maximum absolute atomic E-state index is 13.4. The predicted molar refractivity (Wildman–Crippen MR) is 134 cm³/mol. The number of aryl methyl sites for hydroxylation is 1. The van der Waals surface area contributed by atoms with Gasteiger partial charge in [-0.3, -0.25) is 4.79 Å². The van der Waals surface area contributed by atoms with Crippen molar-refractivity contribution in [2.45, 2.75) is 31.7 Å². The number of rotatable bonds is 9. The average Bonchev–Trinajstić information content (AvgIpc) is 3.45. The van der Waals surface area contributed by atoms with Crippen molar-refractivity contribution >= 4 is 22.6 Å². The maximum Gasteiger partial charge on any atom is 0.227 e. The van der Waals surface area contributed by atoms with Gasteiger partial charge in [0.25, 0.3) is 0 Å². The van der Waals surface area contributed by atoms with Crippen molar-refractivity contribution in [1.29, 1.82) is 0 Å². The molecule has 1 aliphatic heterocycles. The van der Waals surface area contributed by atoms with Crippen LogP contribution in [0.5, 0.6) is 11.5 Å². The van der Waals surface area contributed by atoms with Gasteiger partial charge in [0.1, 0.15) is 23.1 Å². The van der Waals surface area contributed by atoms with Gasteiger partial charge in [-0.05, 0) is 73.5 Å². The second-order valence-corrected chi connectivity index (χ2v) is 8.72. The number of hydrogen-bond acceptors (Lipinski definition) is 4. The van der Waals surface area contributed by atoms with Crippen LogP contribution in [0.3, 0.4) is 0 Å². The third-order valence-corrected chi connectivity index (χ3v) is 6.42. The van der Waals surface area contributed by atoms with E-state index in [2.05, 4.69) is 10.6 Å². The fourth-order valence-corrected chi connectivity index (χ4v) is 4.63. The van der Waals surface area contributed by atoms with E-state index in [-0.39, 0.29) is 17.6 Å². The smallest absolute Gasteiger partial charge is 0.227 e. The molecular formula is C28H28FN3O3. The molecule has 1 aliphatic rings. The molecule has 0 radical (unpaired) electrons. The molecule has 0 N–H and O–H groups in total. The zero-order chi connectivity index (χ0) is 24.2. The Hall–Kier alpha value is -3.87. The monoisotopic (exact) mass is 473 g/mol. The predicted octanol–water partition coefficient (Wildman–Crippen LogP) is 5.56. The summed E-state index contributed by atoms with van der Waals surface area (Å²) in [6.45, 7) is 1.95. The van der Waals surface area contributed by atoms with Gasteiger partial charge in [-0.2, -0.15) is 0 Å². The molecule has 180 valence electrons. The largest absolute Gasteiger partial charge is 0.497 e. The number of nitrogens with zero attached hydrogens (tertiary/aromatic N) is 3. The Morgan fingerprint density at radius 2 is 1.71 bits per heavy atom. The number of para-hydroxylation sites is 2. The first-order valence-corrected chi connectivity index (χ1v) is 11.9. The molecule has 0 saturated carbocycles. The summed E-state index contributed by atoms with van der Waals surface area (Å²) in [6, 6.07) is 21.8. The van der Waals surface area contributed by atoms with Gasteiger partial charge in [0.15, 0.2) is 0 Å². The molecule has 0 spiro atoms. The molecule has 1 atom stereocenters. The highest BCUT2D eigenvalue weighted by Gasteiger charge is 2.34. The zero-order valence-electron chi connectivity index (χ0n) is 19.7. The highest BCUT2D eigenvalue weighted by atomic mass is 19.1. The Morgan fingerprint density at radius 1 is 0.971 bits per heavy atom. The Balaban J connectivity index is 1.26. The summed E-state index contributed by atoms with van der Waals surface area (Å²) < 4.78 is 26.6. The topological polar surface area (TPSA) is 56.6 Å². The summed E-state index contributed by atoms with van der Waals surface area (Å²) in [7, 11) is 1.64. The number of anilines is 1. The number of halogens is 1. The highest BCUT2D eigenvalue weighted by molar-refractivity contribution is 5.96. The van der Waals surface area contributed by atoms with Crippen LogP contribution in [-0.2, 0) is 11.3 Å². The van der Waals surface area contributed by atoms with Crippen LogP contribution in [0.1, 0.15) is 31.0 Å². The van der Waals surface area contributed by atoms with E-state index in [9.17, 15) is 9.18 Å². The van der Waals surface area contributed by atoms with Crippen LogP contribution in [0, 0.1) is 5.82 Å². The van der Waals surface area contributed by atoms with Gasteiger partial charge in [-0.15, -0.1) is 0 Å². The van der Waals surface area contributed by atoms with E-state index in [1.54, 1.807) is 24.1 Å². The van der Waals surface area contributed by atoms with Gasteiger partial charge in [0.2, 0.25) is 5.91 Å². The van der Waals surface area contributed by atoms with Gasteiger partial charge in [-0.25, -0.2) is 9.37 Å². The van der Waals surface area contributed by atoms with E-state index >= 15 is 0 Å². The van der Waals surface area contributed by atoms with Crippen LogP contribution in [0.15, 0.2) is 72.8 Å². The Morgan fingerprint density at radius 3 is 2.49 bits per heavy atom. The fraction of sp³-hybridized carbons (Fsp3) is 0.286. The van der Waals surface area contributed by atoms with Crippen LogP contribution in [0.2, 0.25) is 0 Å². The number of unbranched alkanes of at least 4 members (excludes halogenated alkanes) is 1. The number of fused-ring (bicyclic) bond motifs is 1. The summed E-state index contributed by atoms with van der Waals surface area (Å²) in [5.41, 5.74) is 2.73. The summed E-state index contributed by atoms with van der Waals surface area (Å²) >= 11 is 0. The van der Waals surface area contributed by atoms with Gasteiger partial charge >= 0.3 is 0 Å². The van der Waals surface area contributed by atoms with E-state index in [1.807, 2.05) is 42.5 Å². The number of hydrogen-bond donors (Lipinski definition) is 0. The number of imidazole rings is 1. The standard InChI is InChI=1S/C28H28FN3O3/c1-34-23-12-14-24(15-13-23)35-17-5-4-16-31-26-7-3-2-6-25(26)30-28(31)20-18-27(33)32(19-20)22-10-8-21(29)9-11-22/h2-3,6-15,20H,4-5,16-19H2,1H3/t20-/m1/s1. The lowest BCUT2D eigenvalue weighted by Gasteiger charge is -2.17. The minimum atomic E-state index is -0.310. The fourth-order valence-electron chi connectivity index (χ4n) is 4.63. The molecule has 1 saturated heterocycles. The van der Waals surface area contributed by atoms with Crippen molar-refractivity contribution < 1.29 is 18.7 Å². The van der Waals surface area contributed by atoms with Crippen molar-refractivity contribution in [3.05, 3.63) is 84.4 Å². The van der Waals surface area contributed by atoms with Crippen molar-refractivity contribution in [3.8, 4) is 11.5 Å². The molecule has 3 aromatic carbocycles. The van der Waals surface area contributed by atoms with E-state index in [0.29, 0.717) is 19.6 Å². The third kappa shape index (κ3) is 4.99. The lowest BCUT2D eigenvalue weighted by molar-refractivity contribution is -0.117. The van der Waals surface area contributed by atoms with E-state index in [0.717, 1.165) is 53.4 Å². The molecule has 5 rings (SSSR count). The van der Waals surface area contributed by atoms with Crippen LogP contribution < -0.4 is 14.4 Å². The molecule has 0 unspecified atom stereocenters. The number of ether oxygens (including phenoxy) is 2. The molecule has 1 aromatic heterocycles. The molecule has 2 heterocycles. The number of carbonyl (C=O) groups excluding carboxylic acids is 1. The molecule has 0 aliphatic carbocycles. The highest BCUT2D eigenvalue weighted by Crippen LogP contribution is 2.33. The Labute approximate surface area is 203 Å². The number of aromatic nitrogens is 2. The molecule has 4 aromatic rings. The van der Waals surface area contributed by atoms with Crippen LogP contribution in [-0.4, -0.2) is 35.7 Å². The molecule has 0 bridgehead atoms. The number of carbonyl (C=O) groups is 1. The minimum Gasteiger partial charge on any atom is -0.497 e. The Kier molecular flexibility index (Phi) is 6.66. The number of methoxy groups -OCH3 is 1. The number of amides is 1. The first kappa shape index (κ1) is 22.9. The zero-order valence-corrected chi connectivity index (χ0v) is 19.7. The maximum atomic E-state index is 13.4. The molecular weight excluding hydrogens is 445 g/mol. The van der Waals surface area contributed by atoms with E-state index < -0.39 is 0 Å². The van der Waals surface area contributed by atoms with Crippen molar-refractivity contribution in [2.75, 3.05) is 25.2 Å². The minimum absolute atomic E-state index is 0.0181. The van der Waals surface area contributed by atoms with Crippen molar-refractivity contribution in [1.82, 2.24) is 9.55 Å². The second kappa shape index (κ2) is 10.2. The first-order valence-electron chi connectivity index (χ1n) is 11.9. The third-order valence-electron chi connectivity index (χ3n) is 6.42. The average molecular weight is 474 g/mol. The SMILES string of the molecule is COc1ccc(OCCCCn2c([C@@H]3CC(=O)N(c4ccc(F)cc4)C3)nc3ccccc32)cc1. The lowest BCUT2D eigenvalue weighted by atomic mass is 10.1. The van der Waals surface area contributed by atoms with Crippen LogP contribution >= 0.6 is 0 Å². The molecule has 1 fully saturated rings. The van der Waals surface area contributed by atoms with Gasteiger partial charge < -0.3 is 18.9 Å². The summed E-state index contributed by atoms with van der Waals surface area (Å²) in [6.07, 6.45) is 2.20. The number of benzene rings is 3. The van der Waals surface area contributed by atoms with E-state index in [1.165, 1.54) is 12.1 Å². The van der Waals surface area contributed by atoms with Crippen molar-refractivity contribution in [3.63, 3.8) is 0 Å².